The van der Waals surface area contributed by atoms with Crippen LogP contribution in [-0.2, 0) is 19.5 Å². The highest BCUT2D eigenvalue weighted by Crippen LogP contribution is 2.44. The monoisotopic (exact) mass is 417 g/mol. The fourth-order valence-electron chi connectivity index (χ4n) is 4.29. The molecular weight excluding hydrogens is 394 g/mol. The lowest BCUT2D eigenvalue weighted by molar-refractivity contribution is -0.119. The molecule has 1 aromatic rings. The third kappa shape index (κ3) is 3.10. The molecule has 0 spiro atoms. The molecule has 2 aliphatic carbocycles. The van der Waals surface area contributed by atoms with Crippen LogP contribution in [0.1, 0.15) is 48.2 Å². The van der Waals surface area contributed by atoms with Gasteiger partial charge in [0.15, 0.2) is 21.4 Å². The molecule has 1 heterocycles. The van der Waals surface area contributed by atoms with E-state index in [4.69, 9.17) is 4.84 Å². The molecule has 1 aromatic carbocycles. The molecule has 7 nitrogen and oxygen atoms in total. The van der Waals surface area contributed by atoms with Crippen molar-refractivity contribution in [3.8, 4) is 0 Å². The Balaban J connectivity index is 1.89. The van der Waals surface area contributed by atoms with E-state index in [1.54, 1.807) is 20.8 Å². The van der Waals surface area contributed by atoms with E-state index < -0.39 is 15.6 Å². The number of hydrogen-bond acceptors (Lipinski definition) is 7. The van der Waals surface area contributed by atoms with E-state index in [0.717, 1.165) is 12.7 Å². The maximum atomic E-state index is 13.3. The average Bonchev–Trinajstić information content (AvgIpc) is 3.30. The number of hydrogen-bond donors (Lipinski definition) is 1. The molecule has 0 bridgehead atoms. The Hall–Kier alpha value is -2.48. The summed E-state index contributed by atoms with van der Waals surface area (Å²) in [5.74, 6) is -1.82. The van der Waals surface area contributed by atoms with Crippen LogP contribution in [0.3, 0.4) is 0 Å². The van der Waals surface area contributed by atoms with Crippen molar-refractivity contribution in [1.29, 1.82) is 0 Å². The number of ketones is 2. The van der Waals surface area contributed by atoms with Crippen LogP contribution >= 0.6 is 0 Å². The van der Waals surface area contributed by atoms with Gasteiger partial charge in [-0.05, 0) is 37.5 Å². The minimum atomic E-state index is -3.58. The van der Waals surface area contributed by atoms with Crippen molar-refractivity contribution in [1.82, 2.24) is 0 Å². The molecule has 0 amide bonds. The molecule has 0 radical (unpaired) electrons. The van der Waals surface area contributed by atoms with Crippen LogP contribution in [0.4, 0.5) is 0 Å². The third-order valence-corrected chi connectivity index (χ3v) is 7.19. The van der Waals surface area contributed by atoms with Crippen LogP contribution in [0.5, 0.6) is 0 Å². The molecule has 1 fully saturated rings. The lowest BCUT2D eigenvalue weighted by Gasteiger charge is -2.25. The number of benzene rings is 1. The molecule has 3 aliphatic rings. The Labute approximate surface area is 169 Å². The quantitative estimate of drug-likeness (QED) is 0.596. The van der Waals surface area contributed by atoms with Crippen molar-refractivity contribution in [3.05, 3.63) is 40.2 Å². The first-order chi connectivity index (χ1) is 13.5. The number of nitrogens with zero attached hydrogens (tertiary/aromatic N) is 1. The van der Waals surface area contributed by atoms with Gasteiger partial charge >= 0.3 is 0 Å². The number of fused-ring (bicyclic) bond motifs is 1. The third-order valence-electron chi connectivity index (χ3n) is 6.05. The van der Waals surface area contributed by atoms with Crippen LogP contribution in [-0.4, -0.2) is 43.2 Å². The van der Waals surface area contributed by atoms with Crippen LogP contribution in [0.2, 0.25) is 0 Å². The summed E-state index contributed by atoms with van der Waals surface area (Å²) in [5, 5.41) is 14.5. The van der Waals surface area contributed by atoms with Gasteiger partial charge in [0.1, 0.15) is 17.4 Å². The highest BCUT2D eigenvalue weighted by molar-refractivity contribution is 7.90. The minimum Gasteiger partial charge on any atom is -0.511 e. The molecule has 4 unspecified atom stereocenters. The van der Waals surface area contributed by atoms with Crippen molar-refractivity contribution in [2.24, 2.45) is 22.9 Å². The van der Waals surface area contributed by atoms with Gasteiger partial charge in [0.2, 0.25) is 0 Å². The summed E-state index contributed by atoms with van der Waals surface area (Å²) in [6.07, 6.45) is 2.31. The standard InChI is InChI=1S/C21H23NO6S/c1-9-7-10(2)20(24)17(19(9)23)21(25)12-5-6-15(29(4,26)27)16(11(12)3)18-13-8-14(13)28-22-18/h5-6,9-10,13-14,23H,7-8H2,1-4H3. The zero-order valence-electron chi connectivity index (χ0n) is 16.7. The summed E-state index contributed by atoms with van der Waals surface area (Å²) in [4.78, 5) is 31.3. The maximum absolute atomic E-state index is 13.3. The smallest absolute Gasteiger partial charge is 0.200 e. The Bertz CT molecular complexity index is 1110. The maximum Gasteiger partial charge on any atom is 0.200 e. The summed E-state index contributed by atoms with van der Waals surface area (Å²) in [5.41, 5.74) is 1.30. The summed E-state index contributed by atoms with van der Waals surface area (Å²) in [7, 11) is -3.58. The first-order valence-corrected chi connectivity index (χ1v) is 11.5. The zero-order valence-corrected chi connectivity index (χ0v) is 17.5. The number of allylic oxidation sites excluding steroid dienone is 2. The Kier molecular flexibility index (Phi) is 4.45. The molecule has 4 atom stereocenters. The molecule has 154 valence electrons. The van der Waals surface area contributed by atoms with Gasteiger partial charge in [-0.3, -0.25) is 9.59 Å². The minimum absolute atomic E-state index is 0.0172. The van der Waals surface area contributed by atoms with Gasteiger partial charge in [-0.15, -0.1) is 0 Å². The molecule has 1 N–H and O–H groups in total. The zero-order chi connectivity index (χ0) is 21.2. The van der Waals surface area contributed by atoms with Crippen molar-refractivity contribution in [2.75, 3.05) is 6.26 Å². The molecule has 0 saturated heterocycles. The van der Waals surface area contributed by atoms with Gasteiger partial charge in [0, 0.05) is 35.1 Å². The first kappa shape index (κ1) is 19.8. The largest absolute Gasteiger partial charge is 0.511 e. The normalized spacial score (nSPS) is 28.7. The van der Waals surface area contributed by atoms with Crippen LogP contribution in [0, 0.1) is 24.7 Å². The van der Waals surface area contributed by atoms with E-state index in [1.165, 1.54) is 12.1 Å². The molecule has 1 aliphatic heterocycles. The van der Waals surface area contributed by atoms with Crippen LogP contribution in [0.25, 0.3) is 0 Å². The highest BCUT2D eigenvalue weighted by Gasteiger charge is 2.50. The SMILES string of the molecule is Cc1c(C(=O)C2=C(O)C(C)CC(C)C2=O)ccc(S(C)(=O)=O)c1C1=NOC2CC12. The Morgan fingerprint density at radius 3 is 2.45 bits per heavy atom. The van der Waals surface area contributed by atoms with E-state index in [9.17, 15) is 23.1 Å². The fourth-order valence-corrected chi connectivity index (χ4v) is 5.23. The van der Waals surface area contributed by atoms with Crippen LogP contribution < -0.4 is 0 Å². The van der Waals surface area contributed by atoms with Crippen molar-refractivity contribution < 1.29 is 28.0 Å². The van der Waals surface area contributed by atoms with E-state index in [1.807, 2.05) is 0 Å². The number of carbonyl (C=O) groups excluding carboxylic acids is 2. The second-order valence-corrected chi connectivity index (χ2v) is 10.3. The molecule has 8 heteroatoms. The van der Waals surface area contributed by atoms with Gasteiger partial charge in [0.25, 0.3) is 0 Å². The van der Waals surface area contributed by atoms with Crippen LogP contribution in [0.15, 0.2) is 33.5 Å². The lowest BCUT2D eigenvalue weighted by atomic mass is 9.78. The summed E-state index contributed by atoms with van der Waals surface area (Å²) < 4.78 is 24.7. The van der Waals surface area contributed by atoms with Gasteiger partial charge in [0.05, 0.1) is 10.6 Å². The van der Waals surface area contributed by atoms with E-state index in [0.29, 0.717) is 23.3 Å². The number of carbonyl (C=O) groups is 2. The predicted molar refractivity (Wildman–Crippen MR) is 106 cm³/mol. The van der Waals surface area contributed by atoms with Crippen molar-refractivity contribution >= 4 is 27.1 Å². The highest BCUT2D eigenvalue weighted by atomic mass is 32.2. The Morgan fingerprint density at radius 2 is 1.90 bits per heavy atom. The second-order valence-electron chi connectivity index (χ2n) is 8.34. The fraction of sp³-hybridized carbons (Fsp3) is 0.476. The average molecular weight is 417 g/mol. The number of aliphatic hydroxyl groups excluding tert-OH is 1. The van der Waals surface area contributed by atoms with E-state index >= 15 is 0 Å². The molecule has 29 heavy (non-hydrogen) atoms. The van der Waals surface area contributed by atoms with E-state index in [-0.39, 0.29) is 51.4 Å². The summed E-state index contributed by atoms with van der Waals surface area (Å²) >= 11 is 0. The first-order valence-electron chi connectivity index (χ1n) is 9.62. The Morgan fingerprint density at radius 1 is 1.21 bits per heavy atom. The van der Waals surface area contributed by atoms with E-state index in [2.05, 4.69) is 5.16 Å². The summed E-state index contributed by atoms with van der Waals surface area (Å²) in [6, 6.07) is 2.79. The van der Waals surface area contributed by atoms with Gasteiger partial charge in [-0.2, -0.15) is 0 Å². The van der Waals surface area contributed by atoms with Gasteiger partial charge in [-0.25, -0.2) is 8.42 Å². The molecule has 4 rings (SSSR count). The number of rotatable bonds is 4. The topological polar surface area (TPSA) is 110 Å². The molecular formula is C21H23NO6S. The van der Waals surface area contributed by atoms with Crippen molar-refractivity contribution in [3.63, 3.8) is 0 Å². The lowest BCUT2D eigenvalue weighted by Crippen LogP contribution is -2.30. The predicted octanol–water partition coefficient (Wildman–Crippen LogP) is 2.76. The molecule has 1 saturated carbocycles. The molecule has 0 aromatic heterocycles. The van der Waals surface area contributed by atoms with Crippen molar-refractivity contribution in [2.45, 2.75) is 44.6 Å². The second kappa shape index (κ2) is 6.52. The summed E-state index contributed by atoms with van der Waals surface area (Å²) in [6.45, 7) is 5.16. The van der Waals surface area contributed by atoms with Gasteiger partial charge in [-0.1, -0.05) is 19.0 Å². The number of Topliss-reactive ketones (excluding diaryl/α,β-unsaturated/α-hetero) is 2. The van der Waals surface area contributed by atoms with Gasteiger partial charge < -0.3 is 9.94 Å². The number of oxime groups is 1. The number of sulfone groups is 1. The number of aliphatic hydroxyl groups is 1.